The SMILES string of the molecule is CSC[C@H]1CCCNC1.Cl. The molecule has 1 heterocycles. The monoisotopic (exact) mass is 181 g/mol. The van der Waals surface area contributed by atoms with Gasteiger partial charge in [0.1, 0.15) is 0 Å². The highest BCUT2D eigenvalue weighted by atomic mass is 35.5. The van der Waals surface area contributed by atoms with Crippen LogP contribution in [-0.2, 0) is 0 Å². The fourth-order valence-electron chi connectivity index (χ4n) is 1.30. The summed E-state index contributed by atoms with van der Waals surface area (Å²) < 4.78 is 0. The molecule has 1 rings (SSSR count). The first-order valence-corrected chi connectivity index (χ1v) is 5.02. The van der Waals surface area contributed by atoms with Gasteiger partial charge in [-0.15, -0.1) is 12.4 Å². The third-order valence-electron chi connectivity index (χ3n) is 1.80. The van der Waals surface area contributed by atoms with Crippen LogP contribution >= 0.6 is 24.2 Å². The van der Waals surface area contributed by atoms with Crippen LogP contribution in [0.1, 0.15) is 12.8 Å². The number of halogens is 1. The summed E-state index contributed by atoms with van der Waals surface area (Å²) in [5.74, 6) is 2.29. The summed E-state index contributed by atoms with van der Waals surface area (Å²) in [4.78, 5) is 0. The van der Waals surface area contributed by atoms with Gasteiger partial charge >= 0.3 is 0 Å². The van der Waals surface area contributed by atoms with E-state index in [1.165, 1.54) is 31.7 Å². The van der Waals surface area contributed by atoms with Crippen LogP contribution in [-0.4, -0.2) is 25.1 Å². The fraction of sp³-hybridized carbons (Fsp3) is 1.00. The summed E-state index contributed by atoms with van der Waals surface area (Å²) >= 11 is 1.97. The molecule has 1 saturated heterocycles. The van der Waals surface area contributed by atoms with E-state index in [1.807, 2.05) is 11.8 Å². The van der Waals surface area contributed by atoms with Crippen LogP contribution in [0.2, 0.25) is 0 Å². The molecule has 3 heteroatoms. The van der Waals surface area contributed by atoms with Crippen LogP contribution in [0.5, 0.6) is 0 Å². The molecule has 1 N–H and O–H groups in total. The molecular formula is C7H16ClNS. The summed E-state index contributed by atoms with van der Waals surface area (Å²) in [5.41, 5.74) is 0. The Morgan fingerprint density at radius 3 is 2.90 bits per heavy atom. The van der Waals surface area contributed by atoms with Gasteiger partial charge in [0, 0.05) is 0 Å². The van der Waals surface area contributed by atoms with Gasteiger partial charge in [0.2, 0.25) is 0 Å². The summed E-state index contributed by atoms with van der Waals surface area (Å²) in [5, 5.41) is 3.41. The molecule has 10 heavy (non-hydrogen) atoms. The summed E-state index contributed by atoms with van der Waals surface area (Å²) in [6.45, 7) is 2.49. The van der Waals surface area contributed by atoms with E-state index in [4.69, 9.17) is 0 Å². The molecule has 0 radical (unpaired) electrons. The Labute approximate surface area is 73.7 Å². The highest BCUT2D eigenvalue weighted by molar-refractivity contribution is 7.98. The summed E-state index contributed by atoms with van der Waals surface area (Å²) in [6, 6.07) is 0. The zero-order valence-electron chi connectivity index (χ0n) is 6.43. The highest BCUT2D eigenvalue weighted by Gasteiger charge is 2.10. The molecule has 0 unspecified atom stereocenters. The molecule has 1 aliphatic heterocycles. The van der Waals surface area contributed by atoms with Crippen molar-refractivity contribution in [1.82, 2.24) is 5.32 Å². The molecule has 1 aliphatic rings. The Kier molecular flexibility index (Phi) is 6.70. The highest BCUT2D eigenvalue weighted by Crippen LogP contribution is 2.13. The van der Waals surface area contributed by atoms with Crippen LogP contribution in [0.3, 0.4) is 0 Å². The molecular weight excluding hydrogens is 166 g/mol. The van der Waals surface area contributed by atoms with Crippen molar-refractivity contribution < 1.29 is 0 Å². The van der Waals surface area contributed by atoms with Gasteiger partial charge in [0.05, 0.1) is 0 Å². The molecule has 0 aromatic carbocycles. The van der Waals surface area contributed by atoms with E-state index >= 15 is 0 Å². The smallest absolute Gasteiger partial charge is 0.00126 e. The molecule has 0 aliphatic carbocycles. The predicted octanol–water partition coefficient (Wildman–Crippen LogP) is 1.77. The van der Waals surface area contributed by atoms with E-state index < -0.39 is 0 Å². The van der Waals surface area contributed by atoms with E-state index in [-0.39, 0.29) is 12.4 Å². The Morgan fingerprint density at radius 2 is 2.40 bits per heavy atom. The van der Waals surface area contributed by atoms with Gasteiger partial charge in [-0.25, -0.2) is 0 Å². The predicted molar refractivity (Wildman–Crippen MR) is 51.2 cm³/mol. The van der Waals surface area contributed by atoms with Crippen molar-refractivity contribution in [1.29, 1.82) is 0 Å². The van der Waals surface area contributed by atoms with Crippen molar-refractivity contribution in [2.45, 2.75) is 12.8 Å². The zero-order chi connectivity index (χ0) is 6.53. The van der Waals surface area contributed by atoms with E-state index in [0.717, 1.165) is 5.92 Å². The topological polar surface area (TPSA) is 12.0 Å². The van der Waals surface area contributed by atoms with Crippen molar-refractivity contribution in [3.8, 4) is 0 Å². The molecule has 1 atom stereocenters. The maximum absolute atomic E-state index is 3.41. The van der Waals surface area contributed by atoms with Crippen LogP contribution in [0.15, 0.2) is 0 Å². The zero-order valence-corrected chi connectivity index (χ0v) is 8.06. The lowest BCUT2D eigenvalue weighted by Crippen LogP contribution is -2.30. The lowest BCUT2D eigenvalue weighted by Gasteiger charge is -2.21. The lowest BCUT2D eigenvalue weighted by molar-refractivity contribution is 0.410. The number of piperidine rings is 1. The van der Waals surface area contributed by atoms with Gasteiger partial charge in [-0.3, -0.25) is 0 Å². The van der Waals surface area contributed by atoms with Gasteiger partial charge in [-0.2, -0.15) is 11.8 Å². The minimum atomic E-state index is 0. The van der Waals surface area contributed by atoms with Crippen LogP contribution < -0.4 is 5.32 Å². The summed E-state index contributed by atoms with van der Waals surface area (Å²) in [6.07, 6.45) is 5.01. The largest absolute Gasteiger partial charge is 0.316 e. The molecule has 0 spiro atoms. The molecule has 0 bridgehead atoms. The van der Waals surface area contributed by atoms with E-state index in [1.54, 1.807) is 0 Å². The number of thioether (sulfide) groups is 1. The second-order valence-electron chi connectivity index (χ2n) is 2.67. The molecule has 1 fully saturated rings. The molecule has 1 nitrogen and oxygen atoms in total. The van der Waals surface area contributed by atoms with Crippen LogP contribution in [0, 0.1) is 5.92 Å². The number of nitrogens with one attached hydrogen (secondary N) is 1. The third-order valence-corrected chi connectivity index (χ3v) is 2.61. The van der Waals surface area contributed by atoms with E-state index in [2.05, 4.69) is 11.6 Å². The molecule has 62 valence electrons. The summed E-state index contributed by atoms with van der Waals surface area (Å²) in [7, 11) is 0. The Hall–Kier alpha value is 0.600. The van der Waals surface area contributed by atoms with Gasteiger partial charge in [-0.05, 0) is 43.9 Å². The van der Waals surface area contributed by atoms with Crippen molar-refractivity contribution in [2.75, 3.05) is 25.1 Å². The van der Waals surface area contributed by atoms with Crippen LogP contribution in [0.4, 0.5) is 0 Å². The van der Waals surface area contributed by atoms with Gasteiger partial charge in [0.15, 0.2) is 0 Å². The number of hydrogen-bond donors (Lipinski definition) is 1. The van der Waals surface area contributed by atoms with E-state index in [0.29, 0.717) is 0 Å². The first-order valence-electron chi connectivity index (χ1n) is 3.63. The minimum Gasteiger partial charge on any atom is -0.316 e. The van der Waals surface area contributed by atoms with Crippen molar-refractivity contribution in [3.05, 3.63) is 0 Å². The molecule has 0 aromatic heterocycles. The second kappa shape index (κ2) is 6.32. The normalized spacial score (nSPS) is 25.5. The standard InChI is InChI=1S/C7H15NS.ClH/c1-9-6-7-3-2-4-8-5-7;/h7-8H,2-6H2,1H3;1H/t7-;/m0./s1. The molecule has 0 aromatic rings. The Balaban J connectivity index is 0.000000810. The maximum atomic E-state index is 3.41. The quantitative estimate of drug-likeness (QED) is 0.697. The minimum absolute atomic E-state index is 0. The van der Waals surface area contributed by atoms with E-state index in [9.17, 15) is 0 Å². The van der Waals surface area contributed by atoms with Gasteiger partial charge < -0.3 is 5.32 Å². The Morgan fingerprint density at radius 1 is 1.60 bits per heavy atom. The number of rotatable bonds is 2. The average Bonchev–Trinajstić information content (AvgIpc) is 1.91. The van der Waals surface area contributed by atoms with Gasteiger partial charge in [-0.1, -0.05) is 0 Å². The molecule has 0 amide bonds. The number of hydrogen-bond acceptors (Lipinski definition) is 2. The van der Waals surface area contributed by atoms with Crippen molar-refractivity contribution in [3.63, 3.8) is 0 Å². The van der Waals surface area contributed by atoms with Crippen molar-refractivity contribution in [2.24, 2.45) is 5.92 Å². The Bertz CT molecular complexity index is 71.3. The van der Waals surface area contributed by atoms with Crippen molar-refractivity contribution >= 4 is 24.2 Å². The van der Waals surface area contributed by atoms with Crippen LogP contribution in [0.25, 0.3) is 0 Å². The first-order chi connectivity index (χ1) is 4.43. The average molecular weight is 182 g/mol. The first kappa shape index (κ1) is 10.6. The third kappa shape index (κ3) is 3.69. The fourth-order valence-corrected chi connectivity index (χ4v) is 2.06. The maximum Gasteiger partial charge on any atom is -0.00126 e. The lowest BCUT2D eigenvalue weighted by atomic mass is 10.0. The molecule has 0 saturated carbocycles. The van der Waals surface area contributed by atoms with Gasteiger partial charge in [0.25, 0.3) is 0 Å². The second-order valence-corrected chi connectivity index (χ2v) is 3.58.